The van der Waals surface area contributed by atoms with Gasteiger partial charge in [0.15, 0.2) is 0 Å². The summed E-state index contributed by atoms with van der Waals surface area (Å²) in [7, 11) is 2.22. The van der Waals surface area contributed by atoms with Crippen molar-refractivity contribution in [2.24, 2.45) is 5.92 Å². The van der Waals surface area contributed by atoms with E-state index < -0.39 is 0 Å². The number of thioether (sulfide) groups is 1. The van der Waals surface area contributed by atoms with E-state index in [4.69, 9.17) is 0 Å². The van der Waals surface area contributed by atoms with Gasteiger partial charge in [0.05, 0.1) is 0 Å². The highest BCUT2D eigenvalue weighted by atomic mass is 32.2. The lowest BCUT2D eigenvalue weighted by atomic mass is 10.0. The molecule has 0 amide bonds. The van der Waals surface area contributed by atoms with Crippen molar-refractivity contribution in [3.63, 3.8) is 0 Å². The van der Waals surface area contributed by atoms with Gasteiger partial charge in [-0.1, -0.05) is 30.3 Å². The Hall–Kier alpha value is -0.550. The lowest BCUT2D eigenvalue weighted by Crippen LogP contribution is -2.47. The summed E-state index contributed by atoms with van der Waals surface area (Å²) in [5, 5.41) is 3.87. The fraction of sp³-hybridized carbons (Fsp3) is 0.667. The molecule has 3 nitrogen and oxygen atoms in total. The second kappa shape index (κ2) is 8.34. The van der Waals surface area contributed by atoms with Gasteiger partial charge in [-0.25, -0.2) is 0 Å². The Labute approximate surface area is 139 Å². The van der Waals surface area contributed by atoms with Crippen LogP contribution in [-0.2, 0) is 0 Å². The van der Waals surface area contributed by atoms with Crippen molar-refractivity contribution in [3.8, 4) is 0 Å². The quantitative estimate of drug-likeness (QED) is 0.867. The molecular formula is C18H29N3S. The number of nitrogens with zero attached hydrogens (tertiary/aromatic N) is 2. The predicted molar refractivity (Wildman–Crippen MR) is 96.6 cm³/mol. The van der Waals surface area contributed by atoms with E-state index in [0.29, 0.717) is 6.04 Å². The van der Waals surface area contributed by atoms with Gasteiger partial charge < -0.3 is 10.2 Å². The third-order valence-electron chi connectivity index (χ3n) is 4.92. The van der Waals surface area contributed by atoms with Gasteiger partial charge in [0, 0.05) is 38.8 Å². The molecule has 0 radical (unpaired) electrons. The first-order valence-electron chi connectivity index (χ1n) is 8.58. The van der Waals surface area contributed by atoms with E-state index in [1.807, 2.05) is 0 Å². The van der Waals surface area contributed by atoms with Crippen LogP contribution >= 0.6 is 11.8 Å². The summed E-state index contributed by atoms with van der Waals surface area (Å²) in [6.45, 7) is 7.08. The zero-order valence-electron chi connectivity index (χ0n) is 13.7. The lowest BCUT2D eigenvalue weighted by Gasteiger charge is -2.35. The van der Waals surface area contributed by atoms with Gasteiger partial charge in [0.25, 0.3) is 0 Å². The summed E-state index contributed by atoms with van der Waals surface area (Å²) in [6.07, 6.45) is 1.38. The Morgan fingerprint density at radius 1 is 1.18 bits per heavy atom. The average molecular weight is 320 g/mol. The number of benzene rings is 1. The highest BCUT2D eigenvalue weighted by molar-refractivity contribution is 7.99. The molecule has 0 spiro atoms. The Morgan fingerprint density at radius 2 is 1.95 bits per heavy atom. The van der Waals surface area contributed by atoms with Crippen molar-refractivity contribution in [3.05, 3.63) is 35.9 Å². The molecule has 2 heterocycles. The SMILES string of the molecule is CN1CCN(C[C@H](NC[C@@H]2CCSC2)c2ccccc2)CC1. The van der Waals surface area contributed by atoms with Gasteiger partial charge in [-0.2, -0.15) is 11.8 Å². The van der Waals surface area contributed by atoms with Gasteiger partial charge in [-0.05, 0) is 43.0 Å². The van der Waals surface area contributed by atoms with Crippen LogP contribution < -0.4 is 5.32 Å². The van der Waals surface area contributed by atoms with Crippen LogP contribution in [0.5, 0.6) is 0 Å². The second-order valence-corrected chi connectivity index (χ2v) is 7.85. The topological polar surface area (TPSA) is 18.5 Å². The molecule has 3 rings (SSSR count). The van der Waals surface area contributed by atoms with Crippen molar-refractivity contribution in [2.45, 2.75) is 12.5 Å². The summed E-state index contributed by atoms with van der Waals surface area (Å²) < 4.78 is 0. The van der Waals surface area contributed by atoms with Gasteiger partial charge >= 0.3 is 0 Å². The maximum Gasteiger partial charge on any atom is 0.0449 e. The zero-order chi connectivity index (χ0) is 15.2. The summed E-state index contributed by atoms with van der Waals surface area (Å²) in [4.78, 5) is 5.05. The predicted octanol–water partition coefficient (Wildman–Crippen LogP) is 2.32. The van der Waals surface area contributed by atoms with Crippen LogP contribution in [0.3, 0.4) is 0 Å². The van der Waals surface area contributed by atoms with E-state index in [9.17, 15) is 0 Å². The monoisotopic (exact) mass is 319 g/mol. The van der Waals surface area contributed by atoms with E-state index in [-0.39, 0.29) is 0 Å². The Balaban J connectivity index is 1.58. The lowest BCUT2D eigenvalue weighted by molar-refractivity contribution is 0.141. The molecule has 0 aliphatic carbocycles. The van der Waals surface area contributed by atoms with Crippen LogP contribution in [0.1, 0.15) is 18.0 Å². The van der Waals surface area contributed by atoms with Crippen LogP contribution in [0.25, 0.3) is 0 Å². The highest BCUT2D eigenvalue weighted by Crippen LogP contribution is 2.24. The van der Waals surface area contributed by atoms with Gasteiger partial charge in [-0.3, -0.25) is 4.90 Å². The molecule has 2 aliphatic heterocycles. The Kier molecular flexibility index (Phi) is 6.19. The molecule has 0 unspecified atom stereocenters. The molecule has 22 heavy (non-hydrogen) atoms. The van der Waals surface area contributed by atoms with Crippen LogP contribution in [0.4, 0.5) is 0 Å². The highest BCUT2D eigenvalue weighted by Gasteiger charge is 2.21. The van der Waals surface area contributed by atoms with E-state index >= 15 is 0 Å². The average Bonchev–Trinajstić information content (AvgIpc) is 3.07. The minimum atomic E-state index is 0.468. The molecule has 1 aromatic carbocycles. The number of hydrogen-bond acceptors (Lipinski definition) is 4. The van der Waals surface area contributed by atoms with Crippen LogP contribution in [0, 0.1) is 5.92 Å². The van der Waals surface area contributed by atoms with Crippen molar-refractivity contribution < 1.29 is 0 Å². The molecular weight excluding hydrogens is 290 g/mol. The normalized spacial score (nSPS) is 25.4. The van der Waals surface area contributed by atoms with Crippen molar-refractivity contribution in [1.29, 1.82) is 0 Å². The molecule has 0 saturated carbocycles. The fourth-order valence-electron chi connectivity index (χ4n) is 3.32. The van der Waals surface area contributed by atoms with Gasteiger partial charge in [-0.15, -0.1) is 0 Å². The minimum absolute atomic E-state index is 0.468. The second-order valence-electron chi connectivity index (χ2n) is 6.71. The van der Waals surface area contributed by atoms with Gasteiger partial charge in [0.1, 0.15) is 0 Å². The number of piperazine rings is 1. The molecule has 2 aliphatic rings. The van der Waals surface area contributed by atoms with Crippen LogP contribution in [0.2, 0.25) is 0 Å². The fourth-order valence-corrected chi connectivity index (χ4v) is 4.60. The molecule has 0 bridgehead atoms. The van der Waals surface area contributed by atoms with E-state index in [1.54, 1.807) is 0 Å². The number of hydrogen-bond donors (Lipinski definition) is 1. The Morgan fingerprint density at radius 3 is 2.64 bits per heavy atom. The first kappa shape index (κ1) is 16.3. The zero-order valence-corrected chi connectivity index (χ0v) is 14.5. The molecule has 0 aromatic heterocycles. The van der Waals surface area contributed by atoms with Crippen molar-refractivity contribution in [1.82, 2.24) is 15.1 Å². The van der Waals surface area contributed by atoms with Crippen molar-refractivity contribution in [2.75, 3.05) is 57.8 Å². The first-order valence-corrected chi connectivity index (χ1v) is 9.73. The molecule has 2 fully saturated rings. The van der Waals surface area contributed by atoms with Gasteiger partial charge in [0.2, 0.25) is 0 Å². The standard InChI is InChI=1S/C18H29N3S/c1-20-8-10-21(11-9-20)14-18(17-5-3-2-4-6-17)19-13-16-7-12-22-15-16/h2-6,16,18-19H,7-15H2,1H3/t16-,18-/m0/s1. The van der Waals surface area contributed by atoms with E-state index in [2.05, 4.69) is 64.3 Å². The summed E-state index contributed by atoms with van der Waals surface area (Å²) >= 11 is 2.11. The van der Waals surface area contributed by atoms with Crippen LogP contribution in [0.15, 0.2) is 30.3 Å². The molecule has 4 heteroatoms. The smallest absolute Gasteiger partial charge is 0.0449 e. The van der Waals surface area contributed by atoms with Crippen molar-refractivity contribution >= 4 is 11.8 Å². The Bertz CT molecular complexity index is 425. The van der Waals surface area contributed by atoms with E-state index in [0.717, 1.165) is 12.5 Å². The third-order valence-corrected chi connectivity index (χ3v) is 6.15. The van der Waals surface area contributed by atoms with E-state index in [1.165, 1.54) is 56.2 Å². The summed E-state index contributed by atoms with van der Waals surface area (Å²) in [5.74, 6) is 3.55. The maximum absolute atomic E-state index is 3.87. The first-order chi connectivity index (χ1) is 10.8. The molecule has 2 saturated heterocycles. The van der Waals surface area contributed by atoms with Crippen LogP contribution in [-0.4, -0.2) is 67.6 Å². The molecule has 1 N–H and O–H groups in total. The third kappa shape index (κ3) is 4.72. The number of likely N-dealkylation sites (N-methyl/N-ethyl adjacent to an activating group) is 1. The molecule has 2 atom stereocenters. The number of nitrogens with one attached hydrogen (secondary N) is 1. The molecule has 122 valence electrons. The molecule has 1 aromatic rings. The number of rotatable bonds is 6. The summed E-state index contributed by atoms with van der Waals surface area (Å²) in [5.41, 5.74) is 1.44. The maximum atomic E-state index is 3.87. The minimum Gasteiger partial charge on any atom is -0.309 e. The largest absolute Gasteiger partial charge is 0.309 e. The summed E-state index contributed by atoms with van der Waals surface area (Å²) in [6, 6.07) is 11.5.